The smallest absolute Gasteiger partial charge is 0.267 e. The fraction of sp³-hybridized carbons (Fsp3) is 0.143. The lowest BCUT2D eigenvalue weighted by Gasteiger charge is -2.38. The first-order valence-electron chi connectivity index (χ1n) is 42.2. The van der Waals surface area contributed by atoms with E-state index in [9.17, 15) is 0 Å². The van der Waals surface area contributed by atoms with Crippen molar-refractivity contribution in [2.24, 2.45) is 0 Å². The van der Waals surface area contributed by atoms with E-state index in [4.69, 9.17) is 37.9 Å². The van der Waals surface area contributed by atoms with E-state index in [-0.39, 0.29) is 23.7 Å². The highest BCUT2D eigenvalue weighted by molar-refractivity contribution is 5.70. The summed E-state index contributed by atoms with van der Waals surface area (Å²) in [7, 11) is 0. The van der Waals surface area contributed by atoms with Crippen LogP contribution < -0.4 is 37.9 Å². The third kappa shape index (κ3) is 15.1. The van der Waals surface area contributed by atoms with Crippen LogP contribution in [0.3, 0.4) is 0 Å². The molecule has 8 heteroatoms. The van der Waals surface area contributed by atoms with Gasteiger partial charge in [0.25, 0.3) is 25.2 Å². The molecule has 8 nitrogen and oxygen atoms in total. The minimum Gasteiger partial charge on any atom is -0.450 e. The van der Waals surface area contributed by atoms with Gasteiger partial charge in [0.1, 0.15) is 46.0 Å². The first kappa shape index (κ1) is 73.5. The van der Waals surface area contributed by atoms with Crippen LogP contribution in [-0.2, 0) is 25.7 Å². The first-order valence-corrected chi connectivity index (χ1v) is 42.2. The SMILES string of the molecule is c1ccc(CCC2c3cc4c5cc3OC(c3ccc(-c6ccccc6)cc3)Oc3cc6c(cc32)C(CCc2ccccc2)c2cc3c(cc2OC(c2ccc(-c7ccccc7)cc2)O6)OC(c2ccc(-c6ccccc6)cc2)Oc2cc(c(cc2C3CCc2ccccc2)C4CCc2ccccc2)OC(c2ccc(-c3ccccc3)cc2)O5)cc1. The predicted molar refractivity (Wildman–Crippen MR) is 476 cm³/mol. The quantitative estimate of drug-likeness (QED) is 0.0747. The molecule has 0 atom stereocenters. The van der Waals surface area contributed by atoms with Crippen molar-refractivity contribution in [3.05, 3.63) is 477 Å². The van der Waals surface area contributed by atoms with E-state index in [2.05, 4.69) is 388 Å². The van der Waals surface area contributed by atoms with Crippen LogP contribution in [0.25, 0.3) is 44.5 Å². The molecule has 0 radical (unpaired) electrons. The molecule has 21 rings (SSSR count). The molecule has 120 heavy (non-hydrogen) atoms. The molecule has 16 aromatic carbocycles. The molecule has 584 valence electrons. The van der Waals surface area contributed by atoms with Crippen LogP contribution in [0.1, 0.15) is 164 Å². The zero-order valence-corrected chi connectivity index (χ0v) is 66.5. The van der Waals surface area contributed by atoms with Crippen LogP contribution in [0.5, 0.6) is 46.0 Å². The maximum atomic E-state index is 7.86. The van der Waals surface area contributed by atoms with Gasteiger partial charge in [-0.3, -0.25) is 0 Å². The Morgan fingerprint density at radius 1 is 0.150 bits per heavy atom. The molecule has 8 bridgehead atoms. The van der Waals surface area contributed by atoms with Gasteiger partial charge in [0.2, 0.25) is 0 Å². The van der Waals surface area contributed by atoms with Gasteiger partial charge in [-0.25, -0.2) is 0 Å². The van der Waals surface area contributed by atoms with E-state index in [1.54, 1.807) is 0 Å². The van der Waals surface area contributed by atoms with Crippen LogP contribution >= 0.6 is 0 Å². The summed E-state index contributed by atoms with van der Waals surface area (Å²) in [5, 5.41) is 0. The summed E-state index contributed by atoms with van der Waals surface area (Å²) < 4.78 is 62.9. The van der Waals surface area contributed by atoms with E-state index < -0.39 is 25.2 Å². The fourth-order valence-corrected chi connectivity index (χ4v) is 18.5. The largest absolute Gasteiger partial charge is 0.450 e. The number of benzene rings is 16. The molecule has 4 heterocycles. The summed E-state index contributed by atoms with van der Waals surface area (Å²) >= 11 is 0. The number of hydrogen-bond donors (Lipinski definition) is 0. The van der Waals surface area contributed by atoms with E-state index in [0.29, 0.717) is 71.7 Å². The van der Waals surface area contributed by atoms with Crippen LogP contribution in [0.2, 0.25) is 0 Å². The van der Waals surface area contributed by atoms with Gasteiger partial charge in [0, 0.05) is 115 Å². The van der Waals surface area contributed by atoms with Gasteiger partial charge in [-0.05, 0) is 142 Å². The Hall–Kier alpha value is -14.1. The third-order valence-corrected chi connectivity index (χ3v) is 24.9. The summed E-state index contributed by atoms with van der Waals surface area (Å²) in [6.07, 6.45) is 1.70. The summed E-state index contributed by atoms with van der Waals surface area (Å²) in [5.41, 5.74) is 25.0. The maximum absolute atomic E-state index is 7.86. The maximum Gasteiger partial charge on any atom is 0.267 e. The van der Waals surface area contributed by atoms with Crippen molar-refractivity contribution >= 4 is 0 Å². The fourth-order valence-electron chi connectivity index (χ4n) is 18.5. The van der Waals surface area contributed by atoms with E-state index >= 15 is 0 Å². The summed E-state index contributed by atoms with van der Waals surface area (Å²) in [4.78, 5) is 0. The Balaban J connectivity index is 0.867. The van der Waals surface area contributed by atoms with Gasteiger partial charge in [-0.15, -0.1) is 0 Å². The number of aryl methyl sites for hydroxylation is 4. The van der Waals surface area contributed by atoms with Crippen molar-refractivity contribution in [2.45, 2.75) is 100 Å². The molecule has 0 saturated carbocycles. The minimum absolute atomic E-state index is 0.348. The van der Waals surface area contributed by atoms with Crippen molar-refractivity contribution in [3.8, 4) is 90.5 Å². The molecular formula is C112H88O8. The molecule has 4 aliphatic heterocycles. The van der Waals surface area contributed by atoms with Crippen LogP contribution in [0.15, 0.2) is 388 Å². The van der Waals surface area contributed by atoms with Gasteiger partial charge in [-0.1, -0.05) is 340 Å². The van der Waals surface area contributed by atoms with Crippen molar-refractivity contribution in [3.63, 3.8) is 0 Å². The van der Waals surface area contributed by atoms with E-state index in [0.717, 1.165) is 137 Å². The second-order valence-electron chi connectivity index (χ2n) is 32.2. The van der Waals surface area contributed by atoms with Gasteiger partial charge in [0.15, 0.2) is 0 Å². The van der Waals surface area contributed by atoms with Gasteiger partial charge in [0.05, 0.1) is 0 Å². The highest BCUT2D eigenvalue weighted by Crippen LogP contribution is 2.59. The molecule has 0 saturated heterocycles. The third-order valence-electron chi connectivity index (χ3n) is 24.9. The summed E-state index contributed by atoms with van der Waals surface area (Å²) in [6.45, 7) is 0. The molecule has 0 amide bonds. The Morgan fingerprint density at radius 2 is 0.300 bits per heavy atom. The van der Waals surface area contributed by atoms with E-state index in [1.807, 2.05) is 0 Å². The van der Waals surface area contributed by atoms with Gasteiger partial charge >= 0.3 is 0 Å². The normalized spacial score (nSPS) is 18.1. The predicted octanol–water partition coefficient (Wildman–Crippen LogP) is 27.6. The molecular weight excluding hydrogens is 1470 g/mol. The number of rotatable bonds is 20. The van der Waals surface area contributed by atoms with Gasteiger partial charge in [-0.2, -0.15) is 0 Å². The van der Waals surface area contributed by atoms with Crippen LogP contribution in [0.4, 0.5) is 0 Å². The molecule has 0 fully saturated rings. The van der Waals surface area contributed by atoms with Gasteiger partial charge < -0.3 is 37.9 Å². The second kappa shape index (κ2) is 32.8. The Labute approximate surface area is 701 Å². The molecule has 0 unspecified atom stereocenters. The zero-order chi connectivity index (χ0) is 79.7. The standard InChI is InChI=1S/C112H88O8/c1-9-25-73(26-10-1)41-61-89-93-65-95-90(62-42-74-27-11-2-12-28-74)97-67-99-92(64-44-76-31-15-4-16-32-76)100-68-98-91(63-43-75-29-13-3-14-30-75)96-66-94(89)102-70-104(96)116-111(87-57-49-83(50-58-87)79-37-21-7-22-38-79)118-106(98)72-108(100)120-112(88-59-51-84(52-60-88)80-39-23-8-24-40-80)119-107(99)71-105(97)117-110(86-55-47-82(48-56-86)78-35-19-6-20-36-78)115-103(95)69-101(93)113-109(114-102)85-53-45-81(46-54-85)77-33-17-5-18-34-77/h1-40,45-60,65-72,89-92,109-112H,41-44,61-64H2. The van der Waals surface area contributed by atoms with Crippen LogP contribution in [0, 0.1) is 0 Å². The molecule has 0 N–H and O–H groups in total. The minimum atomic E-state index is -0.989. The molecule has 1 aliphatic carbocycles. The lowest BCUT2D eigenvalue weighted by Crippen LogP contribution is -2.26. The first-order chi connectivity index (χ1) is 59.4. The Bertz CT molecular complexity index is 5380. The monoisotopic (exact) mass is 1560 g/mol. The van der Waals surface area contributed by atoms with Crippen molar-refractivity contribution in [1.82, 2.24) is 0 Å². The molecule has 0 aromatic heterocycles. The lowest BCUT2D eigenvalue weighted by atomic mass is 9.75. The van der Waals surface area contributed by atoms with Crippen molar-refractivity contribution in [1.29, 1.82) is 0 Å². The average molecular weight is 1560 g/mol. The van der Waals surface area contributed by atoms with E-state index in [1.165, 1.54) is 22.3 Å². The molecule has 16 aromatic rings. The van der Waals surface area contributed by atoms with Crippen LogP contribution in [-0.4, -0.2) is 0 Å². The topological polar surface area (TPSA) is 73.8 Å². The molecule has 0 spiro atoms. The summed E-state index contributed by atoms with van der Waals surface area (Å²) in [5.74, 6) is 3.76. The summed E-state index contributed by atoms with van der Waals surface area (Å²) in [6, 6.07) is 139. The highest BCUT2D eigenvalue weighted by Gasteiger charge is 2.42. The second-order valence-corrected chi connectivity index (χ2v) is 32.2. The zero-order valence-electron chi connectivity index (χ0n) is 66.5. The lowest BCUT2D eigenvalue weighted by molar-refractivity contribution is -0.0120. The van der Waals surface area contributed by atoms with Crippen molar-refractivity contribution < 1.29 is 37.9 Å². The Morgan fingerprint density at radius 3 is 0.467 bits per heavy atom. The highest BCUT2D eigenvalue weighted by atomic mass is 16.7. The Kier molecular flexibility index (Phi) is 20.1. The number of hydrogen-bond acceptors (Lipinski definition) is 8. The van der Waals surface area contributed by atoms with Crippen molar-refractivity contribution in [2.75, 3.05) is 0 Å². The number of ether oxygens (including phenoxy) is 8. The molecule has 5 aliphatic rings. The average Bonchev–Trinajstić information content (AvgIpc) is 0.722.